The van der Waals surface area contributed by atoms with Crippen molar-refractivity contribution in [1.29, 1.82) is 0 Å². The molecular formula is C16H11Cl2N3. The van der Waals surface area contributed by atoms with Gasteiger partial charge in [-0.2, -0.15) is 5.10 Å². The monoisotopic (exact) mass is 315 g/mol. The number of benzene rings is 2. The van der Waals surface area contributed by atoms with Gasteiger partial charge in [-0.25, -0.2) is 0 Å². The van der Waals surface area contributed by atoms with Gasteiger partial charge in [-0.15, -0.1) is 0 Å². The van der Waals surface area contributed by atoms with Crippen LogP contribution in [-0.2, 0) is 0 Å². The Morgan fingerprint density at radius 1 is 1.05 bits per heavy atom. The van der Waals surface area contributed by atoms with Crippen molar-refractivity contribution in [2.24, 2.45) is 5.10 Å². The Kier molecular flexibility index (Phi) is 4.04. The molecule has 104 valence electrons. The summed E-state index contributed by atoms with van der Waals surface area (Å²) < 4.78 is 0. The van der Waals surface area contributed by atoms with Crippen molar-refractivity contribution < 1.29 is 0 Å². The van der Waals surface area contributed by atoms with E-state index in [4.69, 9.17) is 23.2 Å². The highest BCUT2D eigenvalue weighted by Gasteiger charge is 2.00. The average Bonchev–Trinajstić information content (AvgIpc) is 2.50. The van der Waals surface area contributed by atoms with Gasteiger partial charge in [-0.1, -0.05) is 47.5 Å². The number of pyridine rings is 1. The van der Waals surface area contributed by atoms with Crippen LogP contribution in [0.1, 0.15) is 5.56 Å². The number of aromatic nitrogens is 1. The number of hydrogen-bond acceptors (Lipinski definition) is 3. The summed E-state index contributed by atoms with van der Waals surface area (Å²) in [5.74, 6) is 0. The molecular weight excluding hydrogens is 305 g/mol. The van der Waals surface area contributed by atoms with Crippen molar-refractivity contribution in [3.63, 3.8) is 0 Å². The van der Waals surface area contributed by atoms with Crippen LogP contribution in [0.15, 0.2) is 59.8 Å². The molecule has 0 aliphatic carbocycles. The Balaban J connectivity index is 1.84. The Bertz CT molecular complexity index is 810. The van der Waals surface area contributed by atoms with Crippen LogP contribution in [0.4, 0.5) is 5.69 Å². The lowest BCUT2D eigenvalue weighted by Crippen LogP contribution is -1.93. The average molecular weight is 316 g/mol. The van der Waals surface area contributed by atoms with Gasteiger partial charge in [0.2, 0.25) is 0 Å². The third kappa shape index (κ3) is 3.15. The number of anilines is 1. The second kappa shape index (κ2) is 6.12. The summed E-state index contributed by atoms with van der Waals surface area (Å²) >= 11 is 12.0. The van der Waals surface area contributed by atoms with Crippen molar-refractivity contribution in [3.8, 4) is 0 Å². The van der Waals surface area contributed by atoms with Crippen molar-refractivity contribution in [2.75, 3.05) is 5.43 Å². The molecule has 1 N–H and O–H groups in total. The molecule has 0 bridgehead atoms. The number of hydrogen-bond donors (Lipinski definition) is 1. The van der Waals surface area contributed by atoms with E-state index in [0.717, 1.165) is 22.2 Å². The Morgan fingerprint density at radius 2 is 1.90 bits per heavy atom. The SMILES string of the molecule is Clc1ccc(/C=N/Nc2ccnc3ccccc23)c(Cl)c1. The molecule has 0 amide bonds. The van der Waals surface area contributed by atoms with Crippen LogP contribution in [0.2, 0.25) is 10.0 Å². The molecule has 2 aromatic carbocycles. The molecule has 0 aliphatic rings. The van der Waals surface area contributed by atoms with Crippen molar-refractivity contribution in [1.82, 2.24) is 4.98 Å². The molecule has 1 heterocycles. The first-order valence-corrected chi connectivity index (χ1v) is 7.07. The minimum atomic E-state index is 0.563. The van der Waals surface area contributed by atoms with E-state index in [2.05, 4.69) is 15.5 Å². The van der Waals surface area contributed by atoms with E-state index in [0.29, 0.717) is 10.0 Å². The molecule has 0 radical (unpaired) electrons. The topological polar surface area (TPSA) is 37.3 Å². The predicted molar refractivity (Wildman–Crippen MR) is 89.4 cm³/mol. The van der Waals surface area contributed by atoms with Gasteiger partial charge in [0.05, 0.1) is 22.4 Å². The lowest BCUT2D eigenvalue weighted by atomic mass is 10.2. The summed E-state index contributed by atoms with van der Waals surface area (Å²) in [6.45, 7) is 0. The number of fused-ring (bicyclic) bond motifs is 1. The highest BCUT2D eigenvalue weighted by atomic mass is 35.5. The summed E-state index contributed by atoms with van der Waals surface area (Å²) in [5, 5.41) is 6.40. The zero-order chi connectivity index (χ0) is 14.7. The van der Waals surface area contributed by atoms with Gasteiger partial charge in [0.25, 0.3) is 0 Å². The minimum Gasteiger partial charge on any atom is -0.278 e. The second-order valence-corrected chi connectivity index (χ2v) is 5.26. The highest BCUT2D eigenvalue weighted by molar-refractivity contribution is 6.36. The summed E-state index contributed by atoms with van der Waals surface area (Å²) in [7, 11) is 0. The van der Waals surface area contributed by atoms with Crippen LogP contribution in [-0.4, -0.2) is 11.2 Å². The van der Waals surface area contributed by atoms with Gasteiger partial charge in [-0.05, 0) is 24.3 Å². The van der Waals surface area contributed by atoms with E-state index >= 15 is 0 Å². The van der Waals surface area contributed by atoms with Gasteiger partial charge < -0.3 is 0 Å². The molecule has 1 aromatic heterocycles. The van der Waals surface area contributed by atoms with E-state index < -0.39 is 0 Å². The number of hydrazone groups is 1. The van der Waals surface area contributed by atoms with Gasteiger partial charge >= 0.3 is 0 Å². The van der Waals surface area contributed by atoms with E-state index in [9.17, 15) is 0 Å². The lowest BCUT2D eigenvalue weighted by molar-refractivity contribution is 1.33. The van der Waals surface area contributed by atoms with Crippen LogP contribution in [0, 0.1) is 0 Å². The van der Waals surface area contributed by atoms with Crippen molar-refractivity contribution in [3.05, 3.63) is 70.3 Å². The molecule has 3 nitrogen and oxygen atoms in total. The molecule has 0 aliphatic heterocycles. The minimum absolute atomic E-state index is 0.563. The Hall–Kier alpha value is -2.10. The molecule has 0 fully saturated rings. The third-order valence-corrected chi connectivity index (χ3v) is 3.56. The maximum atomic E-state index is 6.09. The molecule has 21 heavy (non-hydrogen) atoms. The molecule has 0 spiro atoms. The highest BCUT2D eigenvalue weighted by Crippen LogP contribution is 2.22. The van der Waals surface area contributed by atoms with E-state index in [1.165, 1.54) is 0 Å². The summed E-state index contributed by atoms with van der Waals surface area (Å²) in [5.41, 5.74) is 5.62. The smallest absolute Gasteiger partial charge is 0.0723 e. The molecule has 3 rings (SSSR count). The zero-order valence-corrected chi connectivity index (χ0v) is 12.4. The molecule has 3 aromatic rings. The Morgan fingerprint density at radius 3 is 2.76 bits per heavy atom. The number of nitrogens with zero attached hydrogens (tertiary/aromatic N) is 2. The molecule has 0 saturated carbocycles. The maximum Gasteiger partial charge on any atom is 0.0723 e. The van der Waals surface area contributed by atoms with Gasteiger partial charge in [0.15, 0.2) is 0 Å². The standard InChI is InChI=1S/C16H11Cl2N3/c17-12-6-5-11(14(18)9-12)10-20-21-16-7-8-19-15-4-2-1-3-13(15)16/h1-10H,(H,19,21)/b20-10+. The first kappa shape index (κ1) is 13.9. The third-order valence-electron chi connectivity index (χ3n) is 3.00. The Labute approximate surface area is 132 Å². The van der Waals surface area contributed by atoms with Crippen molar-refractivity contribution >= 4 is 46.0 Å². The quantitative estimate of drug-likeness (QED) is 0.546. The number of nitrogens with one attached hydrogen (secondary N) is 1. The maximum absolute atomic E-state index is 6.09. The van der Waals surface area contributed by atoms with Gasteiger partial charge in [-0.3, -0.25) is 10.4 Å². The molecule has 0 unspecified atom stereocenters. The van der Waals surface area contributed by atoms with Crippen LogP contribution >= 0.6 is 23.2 Å². The fraction of sp³-hybridized carbons (Fsp3) is 0. The lowest BCUT2D eigenvalue weighted by Gasteiger charge is -2.04. The van der Waals surface area contributed by atoms with Crippen LogP contribution in [0.25, 0.3) is 10.9 Å². The normalized spacial score (nSPS) is 11.1. The van der Waals surface area contributed by atoms with E-state index in [1.54, 1.807) is 24.5 Å². The van der Waals surface area contributed by atoms with Crippen LogP contribution < -0.4 is 5.43 Å². The van der Waals surface area contributed by atoms with E-state index in [-0.39, 0.29) is 0 Å². The van der Waals surface area contributed by atoms with Crippen LogP contribution in [0.3, 0.4) is 0 Å². The number of rotatable bonds is 3. The number of para-hydroxylation sites is 1. The van der Waals surface area contributed by atoms with Gasteiger partial charge in [0.1, 0.15) is 0 Å². The fourth-order valence-corrected chi connectivity index (χ4v) is 2.43. The molecule has 0 atom stereocenters. The largest absolute Gasteiger partial charge is 0.278 e. The first-order valence-electron chi connectivity index (χ1n) is 6.32. The fourth-order valence-electron chi connectivity index (χ4n) is 1.97. The van der Waals surface area contributed by atoms with Gasteiger partial charge in [0, 0.05) is 22.2 Å². The zero-order valence-electron chi connectivity index (χ0n) is 10.9. The van der Waals surface area contributed by atoms with Crippen LogP contribution in [0.5, 0.6) is 0 Å². The summed E-state index contributed by atoms with van der Waals surface area (Å²) in [4.78, 5) is 4.30. The predicted octanol–water partition coefficient (Wildman–Crippen LogP) is 4.99. The molecule has 5 heteroatoms. The number of halogens is 2. The summed E-state index contributed by atoms with van der Waals surface area (Å²) in [6.07, 6.45) is 3.41. The second-order valence-electron chi connectivity index (χ2n) is 4.41. The first-order chi connectivity index (χ1) is 10.2. The van der Waals surface area contributed by atoms with Crippen molar-refractivity contribution in [2.45, 2.75) is 0 Å². The molecule has 0 saturated heterocycles. The summed E-state index contributed by atoms with van der Waals surface area (Å²) in [6, 6.07) is 15.0. The van der Waals surface area contributed by atoms with E-state index in [1.807, 2.05) is 36.4 Å².